The predicted molar refractivity (Wildman–Crippen MR) is 154 cm³/mol. The molecule has 0 saturated carbocycles. The first-order chi connectivity index (χ1) is 20.3. The smallest absolute Gasteiger partial charge is 0.319 e. The minimum Gasteiger partial charge on any atom is -0.497 e. The molecule has 2 amide bonds. The SMILES string of the molecule is COc1ccc([C@@H]2C=C3c4ccc5ccccc5c4OC(=O)[C@@H]3[C@H]3C(=O)N(c4ccc([N+](=O)[O-])cc4C)C(=O)[C@H]32)cc1. The van der Waals surface area contributed by atoms with E-state index in [0.29, 0.717) is 28.2 Å². The Morgan fingerprint density at radius 2 is 1.64 bits per heavy atom. The molecule has 2 heterocycles. The molecule has 0 bridgehead atoms. The van der Waals surface area contributed by atoms with Crippen LogP contribution in [0.25, 0.3) is 16.3 Å². The number of imide groups is 1. The highest BCUT2D eigenvalue weighted by Gasteiger charge is 2.60. The largest absolute Gasteiger partial charge is 0.497 e. The number of allylic oxidation sites excluding steroid dienone is 1. The molecule has 1 aliphatic carbocycles. The molecular formula is C33H24N2O7. The third-order valence-electron chi connectivity index (χ3n) is 8.62. The van der Waals surface area contributed by atoms with Gasteiger partial charge in [-0.05, 0) is 47.2 Å². The number of nitro benzene ring substituents is 1. The second kappa shape index (κ2) is 9.37. The van der Waals surface area contributed by atoms with Crippen molar-refractivity contribution in [3.63, 3.8) is 0 Å². The molecule has 7 rings (SSSR count). The number of ether oxygens (including phenoxy) is 2. The van der Waals surface area contributed by atoms with Crippen molar-refractivity contribution in [3.05, 3.63) is 112 Å². The van der Waals surface area contributed by atoms with E-state index in [9.17, 15) is 24.5 Å². The van der Waals surface area contributed by atoms with Crippen LogP contribution in [0.4, 0.5) is 11.4 Å². The van der Waals surface area contributed by atoms with E-state index in [-0.39, 0.29) is 11.4 Å². The topological polar surface area (TPSA) is 116 Å². The minimum atomic E-state index is -1.02. The third kappa shape index (κ3) is 3.66. The van der Waals surface area contributed by atoms with Crippen molar-refractivity contribution in [3.8, 4) is 11.5 Å². The molecule has 9 heteroatoms. The van der Waals surface area contributed by atoms with Gasteiger partial charge in [0, 0.05) is 29.0 Å². The summed E-state index contributed by atoms with van der Waals surface area (Å²) in [5.41, 5.74) is 2.67. The number of esters is 1. The molecule has 3 aliphatic rings. The standard InChI is InChI=1S/C33H24N2O7/c1-17-15-20(35(39)40)10-14-26(17)34-31(36)27-24(19-7-11-21(41-2)12-8-19)16-25-23-13-9-18-5-3-4-6-22(18)30(23)42-33(38)28(25)29(27)32(34)37/h3-16,24,27-29H,1-2H3/t24-,27-,28-,29-/m0/s1. The fourth-order valence-corrected chi connectivity index (χ4v) is 6.68. The summed E-state index contributed by atoms with van der Waals surface area (Å²) in [6.45, 7) is 1.62. The summed E-state index contributed by atoms with van der Waals surface area (Å²) < 4.78 is 11.3. The lowest BCUT2D eigenvalue weighted by Gasteiger charge is -2.38. The van der Waals surface area contributed by atoms with E-state index in [2.05, 4.69) is 0 Å². The van der Waals surface area contributed by atoms with Gasteiger partial charge in [-0.2, -0.15) is 0 Å². The Balaban J connectivity index is 1.42. The number of benzene rings is 4. The number of nitro groups is 1. The Bertz CT molecular complexity index is 1880. The molecule has 1 fully saturated rings. The van der Waals surface area contributed by atoms with Gasteiger partial charge in [0.15, 0.2) is 0 Å². The van der Waals surface area contributed by atoms with Crippen molar-refractivity contribution in [2.45, 2.75) is 12.8 Å². The second-order valence-electron chi connectivity index (χ2n) is 10.8. The number of non-ortho nitro benzene ring substituents is 1. The van der Waals surface area contributed by atoms with Crippen LogP contribution >= 0.6 is 0 Å². The van der Waals surface area contributed by atoms with E-state index >= 15 is 0 Å². The first-order valence-corrected chi connectivity index (χ1v) is 13.5. The molecular weight excluding hydrogens is 536 g/mol. The molecule has 1 saturated heterocycles. The van der Waals surface area contributed by atoms with Gasteiger partial charge in [-0.1, -0.05) is 54.6 Å². The van der Waals surface area contributed by atoms with Gasteiger partial charge in [-0.25, -0.2) is 4.90 Å². The Morgan fingerprint density at radius 1 is 0.905 bits per heavy atom. The van der Waals surface area contributed by atoms with Gasteiger partial charge < -0.3 is 9.47 Å². The number of hydrogen-bond donors (Lipinski definition) is 0. The minimum absolute atomic E-state index is 0.146. The van der Waals surface area contributed by atoms with Crippen LogP contribution in [0.15, 0.2) is 84.9 Å². The van der Waals surface area contributed by atoms with Crippen molar-refractivity contribution in [1.29, 1.82) is 0 Å². The molecule has 4 aromatic carbocycles. The summed E-state index contributed by atoms with van der Waals surface area (Å²) in [4.78, 5) is 54.1. The lowest BCUT2D eigenvalue weighted by atomic mass is 9.64. The zero-order chi connectivity index (χ0) is 29.3. The summed E-state index contributed by atoms with van der Waals surface area (Å²) in [6.07, 6.45) is 1.93. The Morgan fingerprint density at radius 3 is 2.36 bits per heavy atom. The quantitative estimate of drug-likeness (QED) is 0.105. The number of carbonyl (C=O) groups is 3. The number of fused-ring (bicyclic) bond motifs is 7. The molecule has 0 aromatic heterocycles. The molecule has 2 aliphatic heterocycles. The number of carbonyl (C=O) groups excluding carboxylic acids is 3. The van der Waals surface area contributed by atoms with Crippen LogP contribution in [0.5, 0.6) is 11.5 Å². The number of hydrogen-bond acceptors (Lipinski definition) is 7. The molecule has 0 N–H and O–H groups in total. The zero-order valence-corrected chi connectivity index (χ0v) is 22.6. The van der Waals surface area contributed by atoms with Crippen LogP contribution in [-0.4, -0.2) is 29.8 Å². The molecule has 0 unspecified atom stereocenters. The summed E-state index contributed by atoms with van der Waals surface area (Å²) in [6, 6.07) is 22.8. The fraction of sp³-hybridized carbons (Fsp3) is 0.182. The van der Waals surface area contributed by atoms with E-state index in [1.165, 1.54) is 18.2 Å². The highest BCUT2D eigenvalue weighted by molar-refractivity contribution is 6.25. The Labute approximate surface area is 240 Å². The highest BCUT2D eigenvalue weighted by atomic mass is 16.6. The van der Waals surface area contributed by atoms with Gasteiger partial charge in [0.25, 0.3) is 5.69 Å². The van der Waals surface area contributed by atoms with Crippen molar-refractivity contribution >= 4 is 45.5 Å². The molecule has 0 radical (unpaired) electrons. The van der Waals surface area contributed by atoms with E-state index in [0.717, 1.165) is 21.2 Å². The second-order valence-corrected chi connectivity index (χ2v) is 10.8. The van der Waals surface area contributed by atoms with Crippen molar-refractivity contribution < 1.29 is 28.8 Å². The van der Waals surface area contributed by atoms with Crippen molar-refractivity contribution in [2.24, 2.45) is 17.8 Å². The van der Waals surface area contributed by atoms with Crippen molar-refractivity contribution in [1.82, 2.24) is 0 Å². The van der Waals surface area contributed by atoms with Crippen LogP contribution in [0.2, 0.25) is 0 Å². The average Bonchev–Trinajstić information content (AvgIpc) is 3.26. The number of rotatable bonds is 4. The lowest BCUT2D eigenvalue weighted by Crippen LogP contribution is -2.42. The maximum absolute atomic E-state index is 14.2. The Hall–Kier alpha value is -5.31. The number of anilines is 1. The van der Waals surface area contributed by atoms with E-state index in [1.807, 2.05) is 54.6 Å². The van der Waals surface area contributed by atoms with Crippen LogP contribution in [-0.2, 0) is 14.4 Å². The van der Waals surface area contributed by atoms with Gasteiger partial charge in [-0.15, -0.1) is 0 Å². The molecule has 4 aromatic rings. The van der Waals surface area contributed by atoms with Gasteiger partial charge >= 0.3 is 5.97 Å². The van der Waals surface area contributed by atoms with Gasteiger partial charge in [0.2, 0.25) is 11.8 Å². The lowest BCUT2D eigenvalue weighted by molar-refractivity contribution is -0.384. The Kier molecular flexibility index (Phi) is 5.72. The van der Waals surface area contributed by atoms with Gasteiger partial charge in [0.1, 0.15) is 11.5 Å². The zero-order valence-electron chi connectivity index (χ0n) is 22.6. The van der Waals surface area contributed by atoms with Crippen molar-refractivity contribution in [2.75, 3.05) is 12.0 Å². The summed E-state index contributed by atoms with van der Waals surface area (Å²) in [5.74, 6) is -3.92. The third-order valence-corrected chi connectivity index (χ3v) is 8.62. The highest BCUT2D eigenvalue weighted by Crippen LogP contribution is 2.55. The number of nitrogens with zero attached hydrogens (tertiary/aromatic N) is 2. The summed E-state index contributed by atoms with van der Waals surface area (Å²) >= 11 is 0. The normalized spacial score (nSPS) is 22.7. The summed E-state index contributed by atoms with van der Waals surface area (Å²) in [7, 11) is 1.57. The fourth-order valence-electron chi connectivity index (χ4n) is 6.68. The van der Waals surface area contributed by atoms with Crippen LogP contribution in [0.3, 0.4) is 0 Å². The van der Waals surface area contributed by atoms with Crippen LogP contribution < -0.4 is 14.4 Å². The molecule has 9 nitrogen and oxygen atoms in total. The van der Waals surface area contributed by atoms with Crippen LogP contribution in [0.1, 0.15) is 22.6 Å². The molecule has 42 heavy (non-hydrogen) atoms. The van der Waals surface area contributed by atoms with Gasteiger partial charge in [0.05, 0.1) is 35.5 Å². The predicted octanol–water partition coefficient (Wildman–Crippen LogP) is 5.59. The monoisotopic (exact) mass is 560 g/mol. The van der Waals surface area contributed by atoms with Gasteiger partial charge in [-0.3, -0.25) is 24.5 Å². The molecule has 4 atom stereocenters. The molecule has 0 spiro atoms. The maximum atomic E-state index is 14.2. The molecule has 208 valence electrons. The first-order valence-electron chi connectivity index (χ1n) is 13.5. The maximum Gasteiger partial charge on any atom is 0.319 e. The number of methoxy groups -OCH3 is 1. The van der Waals surface area contributed by atoms with Crippen LogP contribution in [0, 0.1) is 34.8 Å². The summed E-state index contributed by atoms with van der Waals surface area (Å²) in [5, 5.41) is 13.0. The first kappa shape index (κ1) is 25.6. The van der Waals surface area contributed by atoms with E-state index in [1.54, 1.807) is 26.2 Å². The van der Waals surface area contributed by atoms with E-state index < -0.39 is 46.4 Å². The number of amides is 2. The average molecular weight is 561 g/mol. The van der Waals surface area contributed by atoms with E-state index in [4.69, 9.17) is 9.47 Å². The number of aryl methyl sites for hydroxylation is 1.